The second-order valence-electron chi connectivity index (χ2n) is 10.1. The molecular formula is C31H28ClFN2O4. The molecule has 1 spiro atoms. The van der Waals surface area contributed by atoms with E-state index in [1.54, 1.807) is 24.3 Å². The van der Waals surface area contributed by atoms with E-state index >= 15 is 0 Å². The number of nitrogens with one attached hydrogen (secondary N) is 1. The molecule has 6 nitrogen and oxygen atoms in total. The van der Waals surface area contributed by atoms with E-state index in [-0.39, 0.29) is 21.9 Å². The summed E-state index contributed by atoms with van der Waals surface area (Å²) in [5.41, 5.74) is 3.91. The van der Waals surface area contributed by atoms with Crippen LogP contribution in [0.3, 0.4) is 0 Å². The van der Waals surface area contributed by atoms with Crippen LogP contribution in [0, 0.1) is 11.2 Å². The number of fused-ring (bicyclic) bond motifs is 1. The Kier molecular flexibility index (Phi) is 7.53. The van der Waals surface area contributed by atoms with E-state index in [2.05, 4.69) is 11.4 Å². The Bertz CT molecular complexity index is 1490. The summed E-state index contributed by atoms with van der Waals surface area (Å²) in [7, 11) is 1.45. The zero-order chi connectivity index (χ0) is 27.6. The Morgan fingerprint density at radius 3 is 2.69 bits per heavy atom. The van der Waals surface area contributed by atoms with Crippen LogP contribution in [-0.2, 0) is 11.2 Å². The molecule has 8 heteroatoms. The number of hydrogen-bond donors (Lipinski definition) is 1. The van der Waals surface area contributed by atoms with Crippen LogP contribution in [0.5, 0.6) is 5.75 Å². The van der Waals surface area contributed by atoms with Crippen LogP contribution in [0.2, 0.25) is 5.02 Å². The van der Waals surface area contributed by atoms with Gasteiger partial charge in [0, 0.05) is 17.8 Å². The van der Waals surface area contributed by atoms with Gasteiger partial charge in [0.15, 0.2) is 0 Å². The van der Waals surface area contributed by atoms with Crippen molar-refractivity contribution in [1.82, 2.24) is 0 Å². The normalized spacial score (nSPS) is 19.5. The number of ether oxygens (including phenoxy) is 1. The SMILES string of the molecule is COc1cc(C(=O)N2CC[C@@]3(CC/C(=C\C=O)C3)Cc3ccccc32)ccc1NC(=O)c1cc(F)ccc1Cl. The van der Waals surface area contributed by atoms with E-state index in [1.807, 2.05) is 23.1 Å². The highest BCUT2D eigenvalue weighted by Gasteiger charge is 2.40. The summed E-state index contributed by atoms with van der Waals surface area (Å²) in [6.45, 7) is 0.545. The zero-order valence-electron chi connectivity index (χ0n) is 21.5. The maximum absolute atomic E-state index is 13.9. The predicted octanol–water partition coefficient (Wildman–Crippen LogP) is 6.63. The van der Waals surface area contributed by atoms with Crippen LogP contribution in [0.4, 0.5) is 15.8 Å². The first-order chi connectivity index (χ1) is 18.8. The molecule has 200 valence electrons. The minimum Gasteiger partial charge on any atom is -0.495 e. The molecule has 1 saturated carbocycles. The summed E-state index contributed by atoms with van der Waals surface area (Å²) in [4.78, 5) is 39.5. The zero-order valence-corrected chi connectivity index (χ0v) is 22.3. The van der Waals surface area contributed by atoms with Crippen molar-refractivity contribution < 1.29 is 23.5 Å². The van der Waals surface area contributed by atoms with E-state index < -0.39 is 11.7 Å². The van der Waals surface area contributed by atoms with Crippen LogP contribution in [0.15, 0.2) is 72.3 Å². The third-order valence-corrected chi connectivity index (χ3v) is 8.04. The van der Waals surface area contributed by atoms with Crippen molar-refractivity contribution in [1.29, 1.82) is 0 Å². The van der Waals surface area contributed by atoms with E-state index in [9.17, 15) is 18.8 Å². The van der Waals surface area contributed by atoms with E-state index in [0.29, 0.717) is 23.5 Å². The Hall–Kier alpha value is -3.97. The lowest BCUT2D eigenvalue weighted by Gasteiger charge is -2.27. The summed E-state index contributed by atoms with van der Waals surface area (Å²) >= 11 is 6.08. The molecule has 1 aliphatic heterocycles. The average Bonchev–Trinajstić information content (AvgIpc) is 3.25. The van der Waals surface area contributed by atoms with Crippen LogP contribution in [0.1, 0.15) is 52.0 Å². The maximum Gasteiger partial charge on any atom is 0.258 e. The largest absolute Gasteiger partial charge is 0.495 e. The van der Waals surface area contributed by atoms with Gasteiger partial charge < -0.3 is 15.0 Å². The van der Waals surface area contributed by atoms with Gasteiger partial charge in [0.2, 0.25) is 0 Å². The van der Waals surface area contributed by atoms with E-state index in [1.165, 1.54) is 24.8 Å². The second kappa shape index (κ2) is 11.0. The number of aldehydes is 1. The molecule has 1 fully saturated rings. The number of rotatable bonds is 5. The van der Waals surface area contributed by atoms with Gasteiger partial charge >= 0.3 is 0 Å². The standard InChI is InChI=1S/C31H28ClFN2O4/c1-39-28-16-21(6-9-26(28)34-29(37)24-17-23(33)7-8-25(24)32)30(38)35-14-13-31(12-10-20(18-31)11-15-36)19-22-4-2-3-5-27(22)35/h2-9,11,15-17H,10,12-14,18-19H2,1H3,(H,34,37)/b20-11+/t31-/m1/s1. The molecule has 2 aliphatic rings. The van der Waals surface area contributed by atoms with Gasteiger partial charge in [-0.05, 0) is 91.6 Å². The number of methoxy groups -OCH3 is 1. The minimum absolute atomic E-state index is 0.00738. The molecule has 2 amide bonds. The van der Waals surface area contributed by atoms with Crippen molar-refractivity contribution in [3.05, 3.63) is 99.8 Å². The van der Waals surface area contributed by atoms with Gasteiger partial charge in [0.1, 0.15) is 17.9 Å². The molecule has 0 bridgehead atoms. The lowest BCUT2D eigenvalue weighted by molar-refractivity contribution is -0.104. The lowest BCUT2D eigenvalue weighted by Crippen LogP contribution is -2.33. The molecule has 0 saturated heterocycles. The monoisotopic (exact) mass is 546 g/mol. The number of carbonyl (C=O) groups is 3. The van der Waals surface area contributed by atoms with E-state index in [0.717, 1.165) is 55.7 Å². The molecule has 1 atom stereocenters. The number of halogens is 2. The van der Waals surface area contributed by atoms with Crippen LogP contribution < -0.4 is 15.0 Å². The van der Waals surface area contributed by atoms with Gasteiger partial charge in [-0.25, -0.2) is 4.39 Å². The Morgan fingerprint density at radius 2 is 1.90 bits per heavy atom. The molecular weight excluding hydrogens is 519 g/mol. The Morgan fingerprint density at radius 1 is 1.08 bits per heavy atom. The Labute approximate surface area is 231 Å². The quantitative estimate of drug-likeness (QED) is 0.288. The topological polar surface area (TPSA) is 75.7 Å². The number of allylic oxidation sites excluding steroid dienone is 2. The first-order valence-electron chi connectivity index (χ1n) is 12.8. The molecule has 0 radical (unpaired) electrons. The first kappa shape index (κ1) is 26.6. The molecule has 1 aliphatic carbocycles. The molecule has 39 heavy (non-hydrogen) atoms. The predicted molar refractivity (Wildman–Crippen MR) is 149 cm³/mol. The van der Waals surface area contributed by atoms with Gasteiger partial charge in [-0.2, -0.15) is 0 Å². The second-order valence-corrected chi connectivity index (χ2v) is 10.6. The van der Waals surface area contributed by atoms with Gasteiger partial charge in [-0.1, -0.05) is 35.4 Å². The maximum atomic E-state index is 13.9. The number of anilines is 2. The molecule has 1 heterocycles. The van der Waals surface area contributed by atoms with Crippen molar-refractivity contribution in [2.24, 2.45) is 5.41 Å². The fourth-order valence-corrected chi connectivity index (χ4v) is 5.93. The summed E-state index contributed by atoms with van der Waals surface area (Å²) in [5, 5.41) is 2.81. The van der Waals surface area contributed by atoms with Crippen molar-refractivity contribution in [3.8, 4) is 5.75 Å². The highest BCUT2D eigenvalue weighted by Crippen LogP contribution is 2.49. The molecule has 3 aromatic carbocycles. The molecule has 0 aromatic heterocycles. The number of para-hydroxylation sites is 1. The molecule has 5 rings (SSSR count). The fourth-order valence-electron chi connectivity index (χ4n) is 5.73. The first-order valence-corrected chi connectivity index (χ1v) is 13.2. The molecule has 1 N–H and O–H groups in total. The van der Waals surface area contributed by atoms with Crippen LogP contribution >= 0.6 is 11.6 Å². The lowest BCUT2D eigenvalue weighted by atomic mass is 9.77. The molecule has 3 aromatic rings. The molecule has 0 unspecified atom stereocenters. The van der Waals surface area contributed by atoms with Crippen LogP contribution in [-0.4, -0.2) is 31.8 Å². The van der Waals surface area contributed by atoms with Gasteiger partial charge in [-0.15, -0.1) is 0 Å². The van der Waals surface area contributed by atoms with Gasteiger partial charge in [0.05, 0.1) is 23.4 Å². The third kappa shape index (κ3) is 5.45. The van der Waals surface area contributed by atoms with Crippen molar-refractivity contribution in [3.63, 3.8) is 0 Å². The smallest absolute Gasteiger partial charge is 0.258 e. The number of benzene rings is 3. The Balaban J connectivity index is 1.41. The van der Waals surface area contributed by atoms with Crippen LogP contribution in [0.25, 0.3) is 0 Å². The summed E-state index contributed by atoms with van der Waals surface area (Å²) in [6.07, 6.45) is 6.97. The summed E-state index contributed by atoms with van der Waals surface area (Å²) in [6, 6.07) is 16.3. The number of amides is 2. The summed E-state index contributed by atoms with van der Waals surface area (Å²) in [5.74, 6) is -1.06. The summed E-state index contributed by atoms with van der Waals surface area (Å²) < 4.78 is 19.2. The van der Waals surface area contributed by atoms with Gasteiger partial charge in [0.25, 0.3) is 11.8 Å². The van der Waals surface area contributed by atoms with Crippen molar-refractivity contribution in [2.75, 3.05) is 23.9 Å². The average molecular weight is 547 g/mol. The fraction of sp³-hybridized carbons (Fsp3) is 0.258. The number of nitrogens with zero attached hydrogens (tertiary/aromatic N) is 1. The van der Waals surface area contributed by atoms with Gasteiger partial charge in [-0.3, -0.25) is 14.4 Å². The minimum atomic E-state index is -0.594. The van der Waals surface area contributed by atoms with Crippen molar-refractivity contribution in [2.45, 2.75) is 32.1 Å². The van der Waals surface area contributed by atoms with E-state index in [4.69, 9.17) is 16.3 Å². The van der Waals surface area contributed by atoms with Crippen molar-refractivity contribution >= 4 is 41.1 Å². The highest BCUT2D eigenvalue weighted by atomic mass is 35.5. The highest BCUT2D eigenvalue weighted by molar-refractivity contribution is 6.34. The number of hydrogen-bond acceptors (Lipinski definition) is 4. The third-order valence-electron chi connectivity index (χ3n) is 7.71. The number of carbonyl (C=O) groups excluding carboxylic acids is 3.